The second-order valence-electron chi connectivity index (χ2n) is 15.8. The molecule has 0 radical (unpaired) electrons. The Hall–Kier alpha value is -7.42. The lowest BCUT2D eigenvalue weighted by molar-refractivity contribution is 1.13. The zero-order valence-corrected chi connectivity index (χ0v) is 34.7. The van der Waals surface area contributed by atoms with Gasteiger partial charge in [-0.05, 0) is 125 Å². The van der Waals surface area contributed by atoms with E-state index >= 15 is 0 Å². The van der Waals surface area contributed by atoms with Gasteiger partial charge in [-0.3, -0.25) is 0 Å². The second kappa shape index (κ2) is 16.8. The fraction of sp³-hybridized carbons (Fsp3) is 0.0690. The summed E-state index contributed by atoms with van der Waals surface area (Å²) in [7, 11) is 8.30. The molecule has 0 saturated heterocycles. The lowest BCUT2D eigenvalue weighted by Crippen LogP contribution is -2.07. The van der Waals surface area contributed by atoms with Crippen LogP contribution in [0.25, 0.3) is 67.1 Å². The van der Waals surface area contributed by atoms with Crippen LogP contribution in [-0.2, 0) is 0 Å². The van der Waals surface area contributed by atoms with Gasteiger partial charge in [0.1, 0.15) is 0 Å². The van der Waals surface area contributed by atoms with Gasteiger partial charge in [0.2, 0.25) is 0 Å². The van der Waals surface area contributed by atoms with Crippen LogP contribution in [0.2, 0.25) is 0 Å². The van der Waals surface area contributed by atoms with Gasteiger partial charge < -0.3 is 9.80 Å². The molecule has 9 aromatic carbocycles. The number of rotatable bonds is 10. The van der Waals surface area contributed by atoms with Crippen molar-refractivity contribution in [3.63, 3.8) is 0 Å². The molecule has 0 N–H and O–H groups in total. The monoisotopic (exact) mass is 772 g/mol. The van der Waals surface area contributed by atoms with Crippen LogP contribution in [-0.4, -0.2) is 28.2 Å². The molecule has 0 unspecified atom stereocenters. The summed E-state index contributed by atoms with van der Waals surface area (Å²) in [4.78, 5) is 4.27. The predicted octanol–water partition coefficient (Wildman–Crippen LogP) is 14.6. The van der Waals surface area contributed by atoms with Crippen molar-refractivity contribution in [2.24, 2.45) is 0 Å². The van der Waals surface area contributed by atoms with Gasteiger partial charge in [-0.1, -0.05) is 182 Å². The highest BCUT2D eigenvalue weighted by atomic mass is 15.1. The predicted molar refractivity (Wildman–Crippen MR) is 261 cm³/mol. The van der Waals surface area contributed by atoms with E-state index in [4.69, 9.17) is 0 Å². The standard InChI is InChI=1S/C58H48N2/c1-59(2)49-35-23-41(24-36-49)39-55(43-15-7-5-8-16-43)45-27-31-47(32-28-45)57-51-19-11-13-21-53(51)58(54-22-14-12-20-52(54)57)48-33-29-46(30-34-48)56(44-17-9-6-10-18-44)40-42-25-37-50(38-26-42)60(3)4/h5-40H,1-4H3/b55-39+,56-40+. The van der Waals surface area contributed by atoms with Crippen molar-refractivity contribution in [3.8, 4) is 22.3 Å². The topological polar surface area (TPSA) is 6.48 Å². The Morgan fingerprint density at radius 3 is 0.883 bits per heavy atom. The van der Waals surface area contributed by atoms with Crippen molar-refractivity contribution in [1.29, 1.82) is 0 Å². The summed E-state index contributed by atoms with van der Waals surface area (Å²) < 4.78 is 0. The molecule has 0 aliphatic heterocycles. The molecule has 0 aromatic heterocycles. The van der Waals surface area contributed by atoms with E-state index < -0.39 is 0 Å². The Balaban J connectivity index is 1.13. The van der Waals surface area contributed by atoms with E-state index in [-0.39, 0.29) is 0 Å². The van der Waals surface area contributed by atoms with E-state index in [1.54, 1.807) is 0 Å². The average Bonchev–Trinajstić information content (AvgIpc) is 3.30. The third-order valence-corrected chi connectivity index (χ3v) is 11.5. The van der Waals surface area contributed by atoms with Crippen LogP contribution < -0.4 is 9.80 Å². The molecule has 0 bridgehead atoms. The minimum atomic E-state index is 1.17. The largest absolute Gasteiger partial charge is 0.378 e. The van der Waals surface area contributed by atoms with Gasteiger partial charge in [0, 0.05) is 39.6 Å². The molecule has 0 heterocycles. The van der Waals surface area contributed by atoms with Gasteiger partial charge in [-0.2, -0.15) is 0 Å². The Kier molecular flexibility index (Phi) is 10.7. The van der Waals surface area contributed by atoms with Crippen LogP contribution >= 0.6 is 0 Å². The smallest absolute Gasteiger partial charge is 0.0361 e. The normalized spacial score (nSPS) is 11.9. The van der Waals surface area contributed by atoms with E-state index in [1.807, 2.05) is 0 Å². The highest BCUT2D eigenvalue weighted by Crippen LogP contribution is 2.44. The van der Waals surface area contributed by atoms with Crippen LogP contribution in [0.1, 0.15) is 33.4 Å². The first-order valence-electron chi connectivity index (χ1n) is 20.7. The zero-order chi connectivity index (χ0) is 41.0. The molecule has 0 aliphatic carbocycles. The van der Waals surface area contributed by atoms with E-state index in [0.717, 1.165) is 0 Å². The van der Waals surface area contributed by atoms with Crippen molar-refractivity contribution >= 4 is 56.2 Å². The minimum absolute atomic E-state index is 1.17. The molecule has 0 aliphatic rings. The van der Waals surface area contributed by atoms with Crippen LogP contribution in [0.3, 0.4) is 0 Å². The summed E-state index contributed by atoms with van der Waals surface area (Å²) in [6.45, 7) is 0. The fourth-order valence-corrected chi connectivity index (χ4v) is 8.36. The highest BCUT2D eigenvalue weighted by Gasteiger charge is 2.18. The second-order valence-corrected chi connectivity index (χ2v) is 15.8. The summed E-state index contributed by atoms with van der Waals surface area (Å²) in [6.07, 6.45) is 4.60. The fourth-order valence-electron chi connectivity index (χ4n) is 8.36. The summed E-state index contributed by atoms with van der Waals surface area (Å²) >= 11 is 0. The number of fused-ring (bicyclic) bond motifs is 2. The molecule has 0 saturated carbocycles. The van der Waals surface area contributed by atoms with Crippen molar-refractivity contribution in [3.05, 3.63) is 240 Å². The minimum Gasteiger partial charge on any atom is -0.378 e. The summed E-state index contributed by atoms with van der Waals surface area (Å²) in [6, 6.07) is 75.1. The van der Waals surface area contributed by atoms with Crippen molar-refractivity contribution in [1.82, 2.24) is 0 Å². The molecule has 60 heavy (non-hydrogen) atoms. The first kappa shape index (κ1) is 38.1. The first-order chi connectivity index (χ1) is 29.4. The van der Waals surface area contributed by atoms with E-state index in [1.165, 1.54) is 99.7 Å². The Morgan fingerprint density at radius 2 is 0.583 bits per heavy atom. The average molecular weight is 773 g/mol. The quantitative estimate of drug-likeness (QED) is 0.101. The molecule has 9 rings (SSSR count). The van der Waals surface area contributed by atoms with Crippen LogP contribution in [0.5, 0.6) is 0 Å². The number of hydrogen-bond donors (Lipinski definition) is 0. The molecule has 0 atom stereocenters. The highest BCUT2D eigenvalue weighted by molar-refractivity contribution is 6.21. The number of nitrogens with zero attached hydrogens (tertiary/aromatic N) is 2. The Bertz CT molecular complexity index is 2690. The third-order valence-electron chi connectivity index (χ3n) is 11.5. The van der Waals surface area contributed by atoms with Gasteiger partial charge in [0.25, 0.3) is 0 Å². The summed E-state index contributed by atoms with van der Waals surface area (Å²) in [5.41, 5.74) is 16.8. The molecular weight excluding hydrogens is 725 g/mol. The van der Waals surface area contributed by atoms with Crippen molar-refractivity contribution < 1.29 is 0 Å². The molecule has 9 aromatic rings. The zero-order valence-electron chi connectivity index (χ0n) is 34.7. The Morgan fingerprint density at radius 1 is 0.300 bits per heavy atom. The molecule has 2 nitrogen and oxygen atoms in total. The summed E-state index contributed by atoms with van der Waals surface area (Å²) in [5.74, 6) is 0. The van der Waals surface area contributed by atoms with Crippen molar-refractivity contribution in [2.75, 3.05) is 38.0 Å². The Labute approximate surface area is 354 Å². The van der Waals surface area contributed by atoms with Gasteiger partial charge in [-0.15, -0.1) is 0 Å². The molecule has 2 heteroatoms. The lowest BCUT2D eigenvalue weighted by atomic mass is 9.85. The molecule has 0 amide bonds. The molecular formula is C58H48N2. The summed E-state index contributed by atoms with van der Waals surface area (Å²) in [5, 5.41) is 4.98. The van der Waals surface area contributed by atoms with E-state index in [9.17, 15) is 0 Å². The lowest BCUT2D eigenvalue weighted by Gasteiger charge is -2.19. The molecule has 0 fully saturated rings. The SMILES string of the molecule is CN(C)c1ccc(/C=C(\c2ccccc2)c2ccc(-c3c4ccccc4c(-c4ccc(/C(=C/c5ccc(N(C)C)cc5)c5ccccc5)cc4)c4ccccc34)cc2)cc1. The van der Waals surface area contributed by atoms with Gasteiger partial charge in [-0.25, -0.2) is 0 Å². The van der Waals surface area contributed by atoms with Crippen LogP contribution in [0.4, 0.5) is 11.4 Å². The molecule has 0 spiro atoms. The van der Waals surface area contributed by atoms with E-state index in [0.29, 0.717) is 0 Å². The van der Waals surface area contributed by atoms with Gasteiger partial charge in [0.05, 0.1) is 0 Å². The van der Waals surface area contributed by atoms with Crippen molar-refractivity contribution in [2.45, 2.75) is 0 Å². The maximum absolute atomic E-state index is 2.30. The number of hydrogen-bond acceptors (Lipinski definition) is 2. The maximum Gasteiger partial charge on any atom is 0.0361 e. The van der Waals surface area contributed by atoms with E-state index in [2.05, 4.69) is 256 Å². The molecule has 290 valence electrons. The van der Waals surface area contributed by atoms with Crippen LogP contribution in [0, 0.1) is 0 Å². The third kappa shape index (κ3) is 7.76. The number of anilines is 2. The maximum atomic E-state index is 2.30. The first-order valence-corrected chi connectivity index (χ1v) is 20.7. The van der Waals surface area contributed by atoms with Crippen LogP contribution in [0.15, 0.2) is 206 Å². The number of benzene rings is 9. The van der Waals surface area contributed by atoms with Gasteiger partial charge in [0.15, 0.2) is 0 Å². The van der Waals surface area contributed by atoms with Gasteiger partial charge >= 0.3 is 0 Å².